The van der Waals surface area contributed by atoms with Crippen LogP contribution >= 0.6 is 0 Å². The molecule has 2 N–H and O–H groups in total. The van der Waals surface area contributed by atoms with E-state index < -0.39 is 5.97 Å². The smallest absolute Gasteiger partial charge is 0.307 e. The minimum atomic E-state index is -0.704. The van der Waals surface area contributed by atoms with Gasteiger partial charge in [0.15, 0.2) is 0 Å². The molecule has 2 aliphatic heterocycles. The van der Waals surface area contributed by atoms with Gasteiger partial charge in [0, 0.05) is 12.6 Å². The average molecular weight is 261 g/mol. The third kappa shape index (κ3) is 2.32. The van der Waals surface area contributed by atoms with Gasteiger partial charge in [-0.05, 0) is 43.4 Å². The Balaban J connectivity index is 1.86. The van der Waals surface area contributed by atoms with Gasteiger partial charge in [0.05, 0.1) is 12.0 Å². The Kier molecular flexibility index (Phi) is 3.19. The molecule has 0 aliphatic carbocycles. The molecule has 1 fully saturated rings. The lowest BCUT2D eigenvalue weighted by molar-refractivity contribution is -0.141. The van der Waals surface area contributed by atoms with E-state index in [1.165, 1.54) is 11.1 Å². The van der Waals surface area contributed by atoms with E-state index in [9.17, 15) is 4.79 Å². The van der Waals surface area contributed by atoms with Crippen LogP contribution in [0.4, 0.5) is 0 Å². The van der Waals surface area contributed by atoms with Gasteiger partial charge in [-0.2, -0.15) is 0 Å². The molecule has 0 saturated carbocycles. The number of benzene rings is 1. The fourth-order valence-corrected chi connectivity index (χ4v) is 3.07. The standard InChI is InChI=1S/C15H19NO3/c1-9-5-6-12-11(3-2-4-14(12)19-9)13-7-10(8-16-13)15(17)18/h2-4,9-10,13,16H,5-8H2,1H3,(H,17,18). The van der Waals surface area contributed by atoms with E-state index in [4.69, 9.17) is 9.84 Å². The van der Waals surface area contributed by atoms with Crippen LogP contribution in [0.15, 0.2) is 18.2 Å². The number of hydrogen-bond donors (Lipinski definition) is 2. The summed E-state index contributed by atoms with van der Waals surface area (Å²) >= 11 is 0. The number of fused-ring (bicyclic) bond motifs is 1. The van der Waals surface area contributed by atoms with Crippen LogP contribution < -0.4 is 10.1 Å². The summed E-state index contributed by atoms with van der Waals surface area (Å²) in [5, 5.41) is 12.4. The highest BCUT2D eigenvalue weighted by molar-refractivity contribution is 5.71. The SMILES string of the molecule is CC1CCc2c(cccc2C2CC(C(=O)O)CN2)O1. The van der Waals surface area contributed by atoms with Gasteiger partial charge in [0.1, 0.15) is 5.75 Å². The molecule has 2 aliphatic rings. The molecule has 19 heavy (non-hydrogen) atoms. The summed E-state index contributed by atoms with van der Waals surface area (Å²) < 4.78 is 5.86. The monoisotopic (exact) mass is 261 g/mol. The van der Waals surface area contributed by atoms with Gasteiger partial charge in [-0.25, -0.2) is 0 Å². The first kappa shape index (κ1) is 12.5. The number of aliphatic carboxylic acids is 1. The summed E-state index contributed by atoms with van der Waals surface area (Å²) in [7, 11) is 0. The Labute approximate surface area is 112 Å². The molecule has 0 amide bonds. The van der Waals surface area contributed by atoms with E-state index in [0.717, 1.165) is 18.6 Å². The number of nitrogens with one attached hydrogen (secondary N) is 1. The molecular formula is C15H19NO3. The predicted octanol–water partition coefficient (Wildman–Crippen LogP) is 2.14. The molecule has 0 spiro atoms. The highest BCUT2D eigenvalue weighted by Crippen LogP contribution is 2.36. The molecule has 3 rings (SSSR count). The van der Waals surface area contributed by atoms with Crippen molar-refractivity contribution in [2.75, 3.05) is 6.54 Å². The zero-order valence-corrected chi connectivity index (χ0v) is 11.1. The number of hydrogen-bond acceptors (Lipinski definition) is 3. The van der Waals surface area contributed by atoms with E-state index >= 15 is 0 Å². The lowest BCUT2D eigenvalue weighted by Gasteiger charge is -2.27. The molecule has 0 aromatic heterocycles. The maximum Gasteiger partial charge on any atom is 0.307 e. The molecule has 2 heterocycles. The number of carbonyl (C=O) groups is 1. The molecule has 0 radical (unpaired) electrons. The maximum atomic E-state index is 11.0. The predicted molar refractivity (Wildman–Crippen MR) is 71.3 cm³/mol. The molecule has 3 atom stereocenters. The van der Waals surface area contributed by atoms with E-state index in [1.54, 1.807) is 0 Å². The van der Waals surface area contributed by atoms with Crippen LogP contribution in [0.5, 0.6) is 5.75 Å². The normalized spacial score (nSPS) is 29.6. The third-order valence-electron chi connectivity index (χ3n) is 4.15. The Morgan fingerprint density at radius 3 is 3.05 bits per heavy atom. The first-order valence-corrected chi connectivity index (χ1v) is 6.90. The van der Waals surface area contributed by atoms with Crippen LogP contribution in [0.1, 0.15) is 36.9 Å². The summed E-state index contributed by atoms with van der Waals surface area (Å²) in [5.41, 5.74) is 2.47. The fourth-order valence-electron chi connectivity index (χ4n) is 3.07. The molecule has 4 heteroatoms. The first-order valence-electron chi connectivity index (χ1n) is 6.90. The minimum Gasteiger partial charge on any atom is -0.490 e. The van der Waals surface area contributed by atoms with E-state index in [1.807, 2.05) is 12.1 Å². The average Bonchev–Trinajstić information content (AvgIpc) is 2.87. The fraction of sp³-hybridized carbons (Fsp3) is 0.533. The van der Waals surface area contributed by atoms with E-state index in [0.29, 0.717) is 13.0 Å². The summed E-state index contributed by atoms with van der Waals surface area (Å²) in [6, 6.07) is 6.26. The highest BCUT2D eigenvalue weighted by atomic mass is 16.5. The molecule has 1 aromatic rings. The summed E-state index contributed by atoms with van der Waals surface area (Å²) in [4.78, 5) is 11.0. The lowest BCUT2D eigenvalue weighted by Crippen LogP contribution is -2.22. The Morgan fingerprint density at radius 1 is 1.47 bits per heavy atom. The molecule has 0 bridgehead atoms. The first-order chi connectivity index (χ1) is 9.15. The summed E-state index contributed by atoms with van der Waals surface area (Å²) in [6.07, 6.45) is 2.98. The van der Waals surface area contributed by atoms with Crippen molar-refractivity contribution in [3.8, 4) is 5.75 Å². The minimum absolute atomic E-state index is 0.146. The number of ether oxygens (including phenoxy) is 1. The Bertz CT molecular complexity index is 500. The summed E-state index contributed by atoms with van der Waals surface area (Å²) in [6.45, 7) is 2.64. The van der Waals surface area contributed by atoms with Crippen molar-refractivity contribution in [2.45, 2.75) is 38.3 Å². The van der Waals surface area contributed by atoms with Gasteiger partial charge in [0.25, 0.3) is 0 Å². The Hall–Kier alpha value is -1.55. The van der Waals surface area contributed by atoms with Gasteiger partial charge < -0.3 is 15.2 Å². The zero-order valence-electron chi connectivity index (χ0n) is 11.1. The largest absolute Gasteiger partial charge is 0.490 e. The van der Waals surface area contributed by atoms with Crippen molar-refractivity contribution < 1.29 is 14.6 Å². The molecule has 1 aromatic carbocycles. The van der Waals surface area contributed by atoms with Crippen LogP contribution in [0.3, 0.4) is 0 Å². The van der Waals surface area contributed by atoms with Crippen molar-refractivity contribution in [1.29, 1.82) is 0 Å². The maximum absolute atomic E-state index is 11.0. The number of rotatable bonds is 2. The highest BCUT2D eigenvalue weighted by Gasteiger charge is 2.32. The third-order valence-corrected chi connectivity index (χ3v) is 4.15. The van der Waals surface area contributed by atoms with Crippen molar-refractivity contribution in [3.63, 3.8) is 0 Å². The quantitative estimate of drug-likeness (QED) is 0.856. The number of carboxylic acid groups (broad SMARTS) is 1. The van der Waals surface area contributed by atoms with Gasteiger partial charge in [0.2, 0.25) is 0 Å². The molecule has 1 saturated heterocycles. The lowest BCUT2D eigenvalue weighted by atomic mass is 9.91. The van der Waals surface area contributed by atoms with Gasteiger partial charge in [-0.1, -0.05) is 12.1 Å². The van der Waals surface area contributed by atoms with Crippen molar-refractivity contribution in [3.05, 3.63) is 29.3 Å². The molecule has 3 unspecified atom stereocenters. The van der Waals surface area contributed by atoms with Crippen LogP contribution in [0, 0.1) is 5.92 Å². The van der Waals surface area contributed by atoms with Gasteiger partial charge in [-0.15, -0.1) is 0 Å². The topological polar surface area (TPSA) is 58.6 Å². The van der Waals surface area contributed by atoms with E-state index in [2.05, 4.69) is 18.3 Å². The van der Waals surface area contributed by atoms with Gasteiger partial charge in [-0.3, -0.25) is 4.79 Å². The van der Waals surface area contributed by atoms with Crippen molar-refractivity contribution >= 4 is 5.97 Å². The second-order valence-corrected chi connectivity index (χ2v) is 5.52. The summed E-state index contributed by atoms with van der Waals surface area (Å²) in [5.74, 6) is -0.00853. The second kappa shape index (κ2) is 4.85. The Morgan fingerprint density at radius 2 is 2.32 bits per heavy atom. The van der Waals surface area contributed by atoms with Crippen LogP contribution in [-0.2, 0) is 11.2 Å². The van der Waals surface area contributed by atoms with Crippen molar-refractivity contribution in [1.82, 2.24) is 5.32 Å². The van der Waals surface area contributed by atoms with Crippen LogP contribution in [-0.4, -0.2) is 23.7 Å². The van der Waals surface area contributed by atoms with E-state index in [-0.39, 0.29) is 18.1 Å². The van der Waals surface area contributed by atoms with Crippen LogP contribution in [0.2, 0.25) is 0 Å². The van der Waals surface area contributed by atoms with Crippen molar-refractivity contribution in [2.24, 2.45) is 5.92 Å². The van der Waals surface area contributed by atoms with Crippen LogP contribution in [0.25, 0.3) is 0 Å². The molecular weight excluding hydrogens is 242 g/mol. The molecule has 4 nitrogen and oxygen atoms in total. The molecule has 102 valence electrons. The second-order valence-electron chi connectivity index (χ2n) is 5.52. The zero-order chi connectivity index (χ0) is 13.4. The number of carboxylic acids is 1. The van der Waals surface area contributed by atoms with Gasteiger partial charge >= 0.3 is 5.97 Å².